The van der Waals surface area contributed by atoms with Gasteiger partial charge in [0.2, 0.25) is 0 Å². The Morgan fingerprint density at radius 1 is 1.45 bits per heavy atom. The standard InChI is InChI=1S/C8H10N.ClH.Pd/c9-7-6-8-4-2-1-3-5-8;;/h1-4H,6-7,9H2;1H;/q;;+1/p-1. The summed E-state index contributed by atoms with van der Waals surface area (Å²) < 4.78 is 0. The first-order chi connectivity index (χ1) is 5.43. The fourth-order valence-corrected chi connectivity index (χ4v) is 0.742. The summed E-state index contributed by atoms with van der Waals surface area (Å²) in [6, 6.07) is 11.0. The van der Waals surface area contributed by atoms with Crippen molar-refractivity contribution < 1.29 is 18.2 Å². The molecule has 11 heavy (non-hydrogen) atoms. The molecule has 3 heteroatoms. The molecule has 0 saturated heterocycles. The van der Waals surface area contributed by atoms with Crippen LogP contribution < -0.4 is 5.73 Å². The van der Waals surface area contributed by atoms with Gasteiger partial charge in [-0.1, -0.05) is 24.3 Å². The molecule has 2 N–H and O–H groups in total. The number of halogens is 1. The van der Waals surface area contributed by atoms with Gasteiger partial charge in [-0.2, -0.15) is 0 Å². The molecule has 1 nitrogen and oxygen atoms in total. The van der Waals surface area contributed by atoms with Crippen LogP contribution >= 0.6 is 9.53 Å². The third-order valence-corrected chi connectivity index (χ3v) is 1.19. The van der Waals surface area contributed by atoms with E-state index in [0.29, 0.717) is 6.54 Å². The van der Waals surface area contributed by atoms with Crippen molar-refractivity contribution in [2.45, 2.75) is 6.42 Å². The zero-order valence-corrected chi connectivity index (χ0v) is 8.31. The van der Waals surface area contributed by atoms with E-state index in [9.17, 15) is 0 Å². The van der Waals surface area contributed by atoms with Crippen LogP contribution in [0.2, 0.25) is 0 Å². The van der Waals surface area contributed by atoms with Crippen molar-refractivity contribution in [3.05, 3.63) is 35.9 Å². The molecule has 0 amide bonds. The number of hydrogen-bond acceptors (Lipinski definition) is 1. The predicted octanol–water partition coefficient (Wildman–Crippen LogP) is 1.67. The molecule has 0 spiro atoms. The van der Waals surface area contributed by atoms with Crippen LogP contribution in [-0.2, 0) is 24.6 Å². The van der Waals surface area contributed by atoms with Crippen LogP contribution in [0.5, 0.6) is 0 Å². The second kappa shape index (κ2) is 8.23. The first-order valence-electron chi connectivity index (χ1n) is 3.21. The fraction of sp³-hybridized carbons (Fsp3) is 0.250. The number of rotatable bonds is 2. The number of benzene rings is 1. The quantitative estimate of drug-likeness (QED) is 0.806. The van der Waals surface area contributed by atoms with Crippen LogP contribution in [0.3, 0.4) is 0 Å². The molecular weight excluding hydrogens is 252 g/mol. The van der Waals surface area contributed by atoms with Crippen molar-refractivity contribution in [3.8, 4) is 0 Å². The fourth-order valence-electron chi connectivity index (χ4n) is 0.742. The molecule has 1 aromatic carbocycles. The zero-order chi connectivity index (χ0) is 8.53. The van der Waals surface area contributed by atoms with Crippen LogP contribution in [0.1, 0.15) is 5.56 Å². The van der Waals surface area contributed by atoms with E-state index in [1.54, 1.807) is 0 Å². The first-order valence-corrected chi connectivity index (χ1v) is 5.21. The van der Waals surface area contributed by atoms with Crippen molar-refractivity contribution in [3.63, 3.8) is 0 Å². The molecular formula is C8H10ClNPd. The average molecular weight is 262 g/mol. The predicted molar refractivity (Wildman–Crippen MR) is 43.9 cm³/mol. The molecule has 1 rings (SSSR count). The van der Waals surface area contributed by atoms with Crippen LogP contribution in [-0.4, -0.2) is 6.54 Å². The van der Waals surface area contributed by atoms with Gasteiger partial charge in [0.15, 0.2) is 0 Å². The van der Waals surface area contributed by atoms with Gasteiger partial charge in [0.05, 0.1) is 0 Å². The Balaban J connectivity index is 0.000000461. The Labute approximate surface area is 82.3 Å². The van der Waals surface area contributed by atoms with Gasteiger partial charge < -0.3 is 5.73 Å². The average Bonchev–Trinajstić information content (AvgIpc) is 2.11. The molecule has 0 fully saturated rings. The molecule has 0 unspecified atom stereocenters. The van der Waals surface area contributed by atoms with Gasteiger partial charge >= 0.3 is 27.7 Å². The van der Waals surface area contributed by atoms with Crippen LogP contribution in [0.25, 0.3) is 0 Å². The molecule has 0 saturated carbocycles. The van der Waals surface area contributed by atoms with E-state index in [0.717, 1.165) is 6.42 Å². The summed E-state index contributed by atoms with van der Waals surface area (Å²) in [5.41, 5.74) is 6.53. The number of nitrogens with two attached hydrogens (primary N) is 1. The van der Waals surface area contributed by atoms with Gasteiger partial charge in [0.1, 0.15) is 0 Å². The summed E-state index contributed by atoms with van der Waals surface area (Å²) in [5, 5.41) is 0. The van der Waals surface area contributed by atoms with E-state index in [1.165, 1.54) is 5.56 Å². The zero-order valence-electron chi connectivity index (χ0n) is 6.00. The van der Waals surface area contributed by atoms with Crippen molar-refractivity contribution in [2.75, 3.05) is 6.54 Å². The Bertz CT molecular complexity index is 167. The summed E-state index contributed by atoms with van der Waals surface area (Å²) >= 11 is 2.22. The molecule has 1 radical (unpaired) electrons. The van der Waals surface area contributed by atoms with Crippen molar-refractivity contribution >= 4 is 9.53 Å². The second-order valence-electron chi connectivity index (χ2n) is 1.93. The Morgan fingerprint density at radius 3 is 2.64 bits per heavy atom. The molecule has 0 aliphatic heterocycles. The SMILES string of the molecule is NCCc1[c]cccc1.[Cl][Pd]. The van der Waals surface area contributed by atoms with E-state index in [1.807, 2.05) is 24.3 Å². The van der Waals surface area contributed by atoms with Crippen molar-refractivity contribution in [1.82, 2.24) is 0 Å². The molecule has 0 heterocycles. The summed E-state index contributed by atoms with van der Waals surface area (Å²) in [7, 11) is 4.49. The van der Waals surface area contributed by atoms with Crippen molar-refractivity contribution in [2.24, 2.45) is 5.73 Å². The topological polar surface area (TPSA) is 26.0 Å². The van der Waals surface area contributed by atoms with E-state index >= 15 is 0 Å². The third-order valence-electron chi connectivity index (χ3n) is 1.19. The summed E-state index contributed by atoms with van der Waals surface area (Å²) in [6.45, 7) is 0.709. The van der Waals surface area contributed by atoms with E-state index in [2.05, 4.69) is 33.8 Å². The van der Waals surface area contributed by atoms with Gasteiger partial charge in [-0.3, -0.25) is 0 Å². The van der Waals surface area contributed by atoms with E-state index < -0.39 is 0 Å². The minimum atomic E-state index is 0.709. The Morgan fingerprint density at radius 2 is 2.18 bits per heavy atom. The molecule has 0 atom stereocenters. The maximum atomic E-state index is 5.34. The van der Waals surface area contributed by atoms with E-state index in [4.69, 9.17) is 5.73 Å². The summed E-state index contributed by atoms with van der Waals surface area (Å²) in [4.78, 5) is 0. The second-order valence-corrected chi connectivity index (χ2v) is 1.93. The van der Waals surface area contributed by atoms with Crippen LogP contribution in [0, 0.1) is 6.07 Å². The first kappa shape index (κ1) is 11.1. The Kier molecular flexibility index (Phi) is 8.33. The Hall–Kier alpha value is 0.132. The van der Waals surface area contributed by atoms with Gasteiger partial charge in [0, 0.05) is 0 Å². The third kappa shape index (κ3) is 5.41. The summed E-state index contributed by atoms with van der Waals surface area (Å²) in [5.74, 6) is 0. The molecule has 0 aliphatic carbocycles. The van der Waals surface area contributed by atoms with Crippen molar-refractivity contribution in [1.29, 1.82) is 0 Å². The summed E-state index contributed by atoms with van der Waals surface area (Å²) in [6.07, 6.45) is 0.931. The van der Waals surface area contributed by atoms with Crippen LogP contribution in [0.15, 0.2) is 24.3 Å². The van der Waals surface area contributed by atoms with Gasteiger partial charge in [-0.25, -0.2) is 0 Å². The molecule has 64 valence electrons. The van der Waals surface area contributed by atoms with Gasteiger partial charge in [0.25, 0.3) is 0 Å². The maximum absolute atomic E-state index is 5.34. The molecule has 0 aliphatic rings. The van der Waals surface area contributed by atoms with E-state index in [-0.39, 0.29) is 0 Å². The minimum absolute atomic E-state index is 0.709. The van der Waals surface area contributed by atoms with Crippen LogP contribution in [0.4, 0.5) is 0 Å². The van der Waals surface area contributed by atoms with Gasteiger partial charge in [-0.15, -0.1) is 0 Å². The number of hydrogen-bond donors (Lipinski definition) is 1. The monoisotopic (exact) mass is 261 g/mol. The molecule has 0 aromatic heterocycles. The molecule has 1 aromatic rings. The van der Waals surface area contributed by atoms with Gasteiger partial charge in [-0.05, 0) is 24.6 Å². The molecule has 0 bridgehead atoms. The normalized spacial score (nSPS) is 8.36.